The standard InChI is InChI=1S/C22H20Cl2N2O3S/c1-26(2)16-7-4-14(5-8-16)19-12-15(6-11-20(19)23)25-22(27)18-10-9-17(13-21(18)24)30(3,28)29/h4-13H,1-3H3,(H,25,27). The van der Waals surface area contributed by atoms with Crippen molar-refractivity contribution in [2.75, 3.05) is 30.6 Å². The van der Waals surface area contributed by atoms with Crippen LogP contribution in [0, 0.1) is 0 Å². The minimum atomic E-state index is -3.41. The topological polar surface area (TPSA) is 66.5 Å². The Balaban J connectivity index is 1.87. The molecule has 156 valence electrons. The highest BCUT2D eigenvalue weighted by Gasteiger charge is 2.16. The number of carbonyl (C=O) groups excluding carboxylic acids is 1. The monoisotopic (exact) mass is 462 g/mol. The van der Waals surface area contributed by atoms with E-state index in [-0.39, 0.29) is 15.5 Å². The predicted molar refractivity (Wildman–Crippen MR) is 124 cm³/mol. The van der Waals surface area contributed by atoms with Crippen LogP contribution in [0.15, 0.2) is 65.6 Å². The normalized spacial score (nSPS) is 11.2. The maximum atomic E-state index is 12.7. The molecule has 0 aliphatic rings. The molecule has 0 atom stereocenters. The van der Waals surface area contributed by atoms with Crippen LogP contribution in [0.3, 0.4) is 0 Å². The van der Waals surface area contributed by atoms with Gasteiger partial charge in [0.25, 0.3) is 5.91 Å². The summed E-state index contributed by atoms with van der Waals surface area (Å²) >= 11 is 12.5. The lowest BCUT2D eigenvalue weighted by Crippen LogP contribution is -2.13. The van der Waals surface area contributed by atoms with E-state index in [1.165, 1.54) is 18.2 Å². The summed E-state index contributed by atoms with van der Waals surface area (Å²) in [6, 6.07) is 17.1. The second kappa shape index (κ2) is 8.68. The molecule has 1 amide bonds. The highest BCUT2D eigenvalue weighted by molar-refractivity contribution is 7.90. The number of benzene rings is 3. The summed E-state index contributed by atoms with van der Waals surface area (Å²) in [5, 5.41) is 3.40. The van der Waals surface area contributed by atoms with Crippen LogP contribution >= 0.6 is 23.2 Å². The van der Waals surface area contributed by atoms with Gasteiger partial charge in [-0.1, -0.05) is 35.3 Å². The lowest BCUT2D eigenvalue weighted by molar-refractivity contribution is 0.102. The summed E-state index contributed by atoms with van der Waals surface area (Å²) in [6.07, 6.45) is 1.08. The number of halogens is 2. The largest absolute Gasteiger partial charge is 0.378 e. The Morgan fingerprint density at radius 3 is 2.13 bits per heavy atom. The zero-order valence-corrected chi connectivity index (χ0v) is 18.9. The third-order valence-electron chi connectivity index (χ3n) is 4.53. The van der Waals surface area contributed by atoms with Crippen LogP contribution in [0.1, 0.15) is 10.4 Å². The van der Waals surface area contributed by atoms with Gasteiger partial charge in [0.05, 0.1) is 15.5 Å². The molecule has 0 aliphatic heterocycles. The smallest absolute Gasteiger partial charge is 0.257 e. The van der Waals surface area contributed by atoms with E-state index >= 15 is 0 Å². The van der Waals surface area contributed by atoms with Crippen LogP contribution in [0.4, 0.5) is 11.4 Å². The SMILES string of the molecule is CN(C)c1ccc(-c2cc(NC(=O)c3ccc(S(C)(=O)=O)cc3Cl)ccc2Cl)cc1. The van der Waals surface area contributed by atoms with Gasteiger partial charge in [-0.2, -0.15) is 0 Å². The van der Waals surface area contributed by atoms with Crippen molar-refractivity contribution >= 4 is 50.3 Å². The summed E-state index contributed by atoms with van der Waals surface area (Å²) in [7, 11) is 0.518. The summed E-state index contributed by atoms with van der Waals surface area (Å²) in [5.74, 6) is -0.448. The fourth-order valence-corrected chi connectivity index (χ4v) is 4.08. The third-order valence-corrected chi connectivity index (χ3v) is 6.28. The lowest BCUT2D eigenvalue weighted by Gasteiger charge is -2.14. The van der Waals surface area contributed by atoms with E-state index in [1.54, 1.807) is 18.2 Å². The van der Waals surface area contributed by atoms with E-state index in [2.05, 4.69) is 5.32 Å². The van der Waals surface area contributed by atoms with Crippen LogP contribution in [0.25, 0.3) is 11.1 Å². The van der Waals surface area contributed by atoms with Crippen molar-refractivity contribution < 1.29 is 13.2 Å². The maximum Gasteiger partial charge on any atom is 0.257 e. The summed E-state index contributed by atoms with van der Waals surface area (Å²) in [5.41, 5.74) is 3.47. The van der Waals surface area contributed by atoms with E-state index in [1.807, 2.05) is 43.3 Å². The average Bonchev–Trinajstić information content (AvgIpc) is 2.68. The van der Waals surface area contributed by atoms with Crippen LogP contribution in [-0.2, 0) is 9.84 Å². The minimum Gasteiger partial charge on any atom is -0.378 e. The van der Waals surface area contributed by atoms with Gasteiger partial charge in [-0.3, -0.25) is 4.79 Å². The highest BCUT2D eigenvalue weighted by Crippen LogP contribution is 2.32. The summed E-state index contributed by atoms with van der Waals surface area (Å²) < 4.78 is 23.3. The van der Waals surface area contributed by atoms with Crippen molar-refractivity contribution in [3.05, 3.63) is 76.3 Å². The first kappa shape index (κ1) is 22.2. The van der Waals surface area contributed by atoms with Gasteiger partial charge >= 0.3 is 0 Å². The van der Waals surface area contributed by atoms with Crippen LogP contribution in [0.5, 0.6) is 0 Å². The van der Waals surface area contributed by atoms with Gasteiger partial charge in [0.2, 0.25) is 0 Å². The van der Waals surface area contributed by atoms with E-state index in [9.17, 15) is 13.2 Å². The zero-order chi connectivity index (χ0) is 22.1. The molecule has 30 heavy (non-hydrogen) atoms. The van der Waals surface area contributed by atoms with Gasteiger partial charge in [-0.25, -0.2) is 8.42 Å². The Bertz CT molecular complexity index is 1210. The highest BCUT2D eigenvalue weighted by atomic mass is 35.5. The number of rotatable bonds is 5. The van der Waals surface area contributed by atoms with Crippen molar-refractivity contribution in [1.29, 1.82) is 0 Å². The molecule has 0 aliphatic carbocycles. The number of sulfone groups is 1. The van der Waals surface area contributed by atoms with E-state index < -0.39 is 15.7 Å². The second-order valence-corrected chi connectivity index (χ2v) is 9.83. The van der Waals surface area contributed by atoms with Crippen LogP contribution in [-0.4, -0.2) is 34.7 Å². The number of anilines is 2. The number of hydrogen-bond donors (Lipinski definition) is 1. The predicted octanol–water partition coefficient (Wildman–Crippen LogP) is 5.38. The van der Waals surface area contributed by atoms with Crippen molar-refractivity contribution in [3.8, 4) is 11.1 Å². The Hall–Kier alpha value is -2.54. The first-order chi connectivity index (χ1) is 14.1. The first-order valence-electron chi connectivity index (χ1n) is 8.94. The zero-order valence-electron chi connectivity index (χ0n) is 16.6. The third kappa shape index (κ3) is 4.95. The van der Waals surface area contributed by atoms with Crippen molar-refractivity contribution in [3.63, 3.8) is 0 Å². The summed E-state index contributed by atoms with van der Waals surface area (Å²) in [4.78, 5) is 14.7. The molecule has 5 nitrogen and oxygen atoms in total. The average molecular weight is 463 g/mol. The van der Waals surface area contributed by atoms with Gasteiger partial charge in [-0.15, -0.1) is 0 Å². The molecular weight excluding hydrogens is 443 g/mol. The molecule has 0 fully saturated rings. The Morgan fingerprint density at radius 1 is 0.900 bits per heavy atom. The van der Waals surface area contributed by atoms with Gasteiger partial charge in [0.15, 0.2) is 9.84 Å². The van der Waals surface area contributed by atoms with Crippen molar-refractivity contribution in [1.82, 2.24) is 0 Å². The van der Waals surface area contributed by atoms with Crippen molar-refractivity contribution in [2.45, 2.75) is 4.90 Å². The quantitative estimate of drug-likeness (QED) is 0.552. The van der Waals surface area contributed by atoms with Crippen molar-refractivity contribution in [2.24, 2.45) is 0 Å². The van der Waals surface area contributed by atoms with E-state index in [0.717, 1.165) is 23.1 Å². The maximum absolute atomic E-state index is 12.7. The first-order valence-corrected chi connectivity index (χ1v) is 11.6. The fraction of sp³-hybridized carbons (Fsp3) is 0.136. The Kier molecular flexibility index (Phi) is 6.41. The second-order valence-electron chi connectivity index (χ2n) is 7.00. The van der Waals surface area contributed by atoms with E-state index in [0.29, 0.717) is 10.7 Å². The fourth-order valence-electron chi connectivity index (χ4n) is 2.87. The molecule has 0 radical (unpaired) electrons. The lowest BCUT2D eigenvalue weighted by atomic mass is 10.0. The molecule has 0 unspecified atom stereocenters. The number of carbonyl (C=O) groups is 1. The molecule has 0 bridgehead atoms. The number of nitrogens with one attached hydrogen (secondary N) is 1. The van der Waals surface area contributed by atoms with Gasteiger partial charge < -0.3 is 10.2 Å². The number of hydrogen-bond acceptors (Lipinski definition) is 4. The number of nitrogens with zero attached hydrogens (tertiary/aromatic N) is 1. The molecule has 0 saturated heterocycles. The van der Waals surface area contributed by atoms with Crippen LogP contribution < -0.4 is 10.2 Å². The molecule has 0 spiro atoms. The number of amides is 1. The molecule has 3 rings (SSSR count). The molecule has 3 aromatic rings. The van der Waals surface area contributed by atoms with Gasteiger partial charge in [0, 0.05) is 42.3 Å². The van der Waals surface area contributed by atoms with Crippen LogP contribution in [0.2, 0.25) is 10.0 Å². The molecule has 1 N–H and O–H groups in total. The summed E-state index contributed by atoms with van der Waals surface area (Å²) in [6.45, 7) is 0. The molecule has 0 heterocycles. The molecule has 3 aromatic carbocycles. The molecule has 0 saturated carbocycles. The molecular formula is C22H20Cl2N2O3S. The Morgan fingerprint density at radius 2 is 1.57 bits per heavy atom. The van der Waals surface area contributed by atoms with Gasteiger partial charge in [-0.05, 0) is 54.1 Å². The minimum absolute atomic E-state index is 0.0546. The van der Waals surface area contributed by atoms with E-state index in [4.69, 9.17) is 23.2 Å². The van der Waals surface area contributed by atoms with Gasteiger partial charge in [0.1, 0.15) is 0 Å². The molecule has 8 heteroatoms. The Labute approximate surface area is 186 Å². The molecule has 0 aromatic heterocycles.